The summed E-state index contributed by atoms with van der Waals surface area (Å²) in [6.07, 6.45) is 1.04. The van der Waals surface area contributed by atoms with Crippen molar-refractivity contribution in [2.45, 2.75) is 25.7 Å². The molecule has 1 atom stereocenters. The Bertz CT molecular complexity index is 1120. The van der Waals surface area contributed by atoms with Crippen LogP contribution in [0.15, 0.2) is 59.6 Å². The molecule has 0 saturated carbocycles. The minimum atomic E-state index is -2.11. The predicted molar refractivity (Wildman–Crippen MR) is 120 cm³/mol. The average molecular weight is 470 g/mol. The SMILES string of the molecule is C=CCN1C(N)=C(C(=O)OC)C2(C(=O)OC(CC(=O)OCC)=C2C(=O)OCC)c2ccccc21. The molecule has 1 aromatic carbocycles. The molecule has 0 fully saturated rings. The zero-order valence-electron chi connectivity index (χ0n) is 19.2. The number of benzene rings is 1. The lowest BCUT2D eigenvalue weighted by Gasteiger charge is -2.40. The van der Waals surface area contributed by atoms with Gasteiger partial charge in [0.25, 0.3) is 0 Å². The lowest BCUT2D eigenvalue weighted by atomic mass is 9.66. The first kappa shape index (κ1) is 24.6. The third-order valence-corrected chi connectivity index (χ3v) is 5.49. The van der Waals surface area contributed by atoms with Gasteiger partial charge in [-0.2, -0.15) is 0 Å². The lowest BCUT2D eigenvalue weighted by molar-refractivity contribution is -0.148. The Morgan fingerprint density at radius 1 is 1.12 bits per heavy atom. The molecule has 34 heavy (non-hydrogen) atoms. The van der Waals surface area contributed by atoms with Gasteiger partial charge in [0, 0.05) is 17.8 Å². The quantitative estimate of drug-likeness (QED) is 0.339. The van der Waals surface area contributed by atoms with Crippen LogP contribution in [-0.2, 0) is 43.5 Å². The number of nitrogens with two attached hydrogens (primary N) is 1. The van der Waals surface area contributed by atoms with Crippen LogP contribution in [0, 0.1) is 0 Å². The van der Waals surface area contributed by atoms with Crippen LogP contribution in [0.4, 0.5) is 5.69 Å². The van der Waals surface area contributed by atoms with Gasteiger partial charge in [0.05, 0.1) is 20.3 Å². The monoisotopic (exact) mass is 470 g/mol. The second-order valence-electron chi connectivity index (χ2n) is 7.31. The van der Waals surface area contributed by atoms with E-state index in [2.05, 4.69) is 6.58 Å². The van der Waals surface area contributed by atoms with E-state index in [9.17, 15) is 19.2 Å². The summed E-state index contributed by atoms with van der Waals surface area (Å²) < 4.78 is 20.7. The molecule has 1 spiro atoms. The molecule has 0 bridgehead atoms. The largest absolute Gasteiger partial charge is 0.466 e. The van der Waals surface area contributed by atoms with E-state index in [0.29, 0.717) is 5.69 Å². The molecule has 180 valence electrons. The van der Waals surface area contributed by atoms with Gasteiger partial charge in [0.15, 0.2) is 5.41 Å². The third-order valence-electron chi connectivity index (χ3n) is 5.49. The van der Waals surface area contributed by atoms with Crippen molar-refractivity contribution in [2.24, 2.45) is 5.73 Å². The van der Waals surface area contributed by atoms with E-state index < -0.39 is 35.7 Å². The summed E-state index contributed by atoms with van der Waals surface area (Å²) in [7, 11) is 1.13. The first-order chi connectivity index (χ1) is 16.3. The van der Waals surface area contributed by atoms with Crippen LogP contribution in [0.1, 0.15) is 25.8 Å². The summed E-state index contributed by atoms with van der Waals surface area (Å²) in [6.45, 7) is 7.17. The molecule has 2 N–H and O–H groups in total. The van der Waals surface area contributed by atoms with E-state index in [-0.39, 0.29) is 48.0 Å². The topological polar surface area (TPSA) is 134 Å². The number of hydrogen-bond acceptors (Lipinski definition) is 10. The smallest absolute Gasteiger partial charge is 0.339 e. The maximum atomic E-state index is 13.7. The minimum Gasteiger partial charge on any atom is -0.466 e. The van der Waals surface area contributed by atoms with Crippen LogP contribution in [0.3, 0.4) is 0 Å². The average Bonchev–Trinajstić information content (AvgIpc) is 3.08. The van der Waals surface area contributed by atoms with Gasteiger partial charge in [-0.05, 0) is 19.9 Å². The first-order valence-electron chi connectivity index (χ1n) is 10.6. The first-order valence-corrected chi connectivity index (χ1v) is 10.6. The molecular weight excluding hydrogens is 444 g/mol. The minimum absolute atomic E-state index is 0.0315. The highest BCUT2D eigenvalue weighted by atomic mass is 16.6. The predicted octanol–water partition coefficient (Wildman–Crippen LogP) is 1.60. The Morgan fingerprint density at radius 3 is 2.41 bits per heavy atom. The van der Waals surface area contributed by atoms with Crippen LogP contribution in [0.5, 0.6) is 0 Å². The molecule has 2 aliphatic rings. The molecule has 0 amide bonds. The number of hydrogen-bond donors (Lipinski definition) is 1. The molecule has 0 aromatic heterocycles. The zero-order valence-corrected chi connectivity index (χ0v) is 19.2. The Labute approximate surface area is 196 Å². The Morgan fingerprint density at radius 2 is 1.79 bits per heavy atom. The molecule has 10 nitrogen and oxygen atoms in total. The standard InChI is InChI=1S/C24H26N2O8/c1-5-12-26-15-11-9-8-10-14(15)24(19(20(26)25)21(28)31-4)18(22(29)33-7-3)16(34-23(24)30)13-17(27)32-6-2/h5,8-11H,1,6-7,12-13,25H2,2-4H3. The second-order valence-corrected chi connectivity index (χ2v) is 7.31. The van der Waals surface area contributed by atoms with Crippen molar-refractivity contribution in [1.29, 1.82) is 0 Å². The molecule has 0 radical (unpaired) electrons. The van der Waals surface area contributed by atoms with Gasteiger partial charge in [0.1, 0.15) is 29.1 Å². The highest BCUT2D eigenvalue weighted by Crippen LogP contribution is 2.54. The Balaban J connectivity index is 2.44. The van der Waals surface area contributed by atoms with Crippen molar-refractivity contribution in [3.63, 3.8) is 0 Å². The molecule has 10 heteroatoms. The number of carbonyl (C=O) groups excluding carboxylic acids is 4. The van der Waals surface area contributed by atoms with Crippen LogP contribution in [0.25, 0.3) is 0 Å². The Kier molecular flexibility index (Phi) is 7.09. The maximum Gasteiger partial charge on any atom is 0.339 e. The summed E-state index contributed by atoms with van der Waals surface area (Å²) in [5.41, 5.74) is 4.38. The third kappa shape index (κ3) is 3.70. The molecule has 1 aromatic rings. The summed E-state index contributed by atoms with van der Waals surface area (Å²) >= 11 is 0. The number of rotatable bonds is 8. The summed E-state index contributed by atoms with van der Waals surface area (Å²) in [5.74, 6) is -3.99. The van der Waals surface area contributed by atoms with Crippen LogP contribution in [-0.4, -0.2) is 50.7 Å². The van der Waals surface area contributed by atoms with Crippen molar-refractivity contribution >= 4 is 29.6 Å². The lowest BCUT2D eigenvalue weighted by Crippen LogP contribution is -2.50. The van der Waals surface area contributed by atoms with Gasteiger partial charge >= 0.3 is 23.9 Å². The van der Waals surface area contributed by atoms with E-state index in [1.54, 1.807) is 49.1 Å². The summed E-state index contributed by atoms with van der Waals surface area (Å²) in [6, 6.07) is 6.62. The molecule has 1 unspecified atom stereocenters. The fourth-order valence-electron chi connectivity index (χ4n) is 4.26. The number of anilines is 1. The maximum absolute atomic E-state index is 13.7. The van der Waals surface area contributed by atoms with Crippen LogP contribution in [0.2, 0.25) is 0 Å². The van der Waals surface area contributed by atoms with Crippen molar-refractivity contribution in [3.8, 4) is 0 Å². The van der Waals surface area contributed by atoms with Crippen molar-refractivity contribution in [2.75, 3.05) is 31.8 Å². The van der Waals surface area contributed by atoms with Gasteiger partial charge in [-0.15, -0.1) is 6.58 Å². The van der Waals surface area contributed by atoms with Crippen LogP contribution < -0.4 is 10.6 Å². The number of methoxy groups -OCH3 is 1. The van der Waals surface area contributed by atoms with Crippen molar-refractivity contribution in [1.82, 2.24) is 0 Å². The van der Waals surface area contributed by atoms with Gasteiger partial charge in [-0.3, -0.25) is 4.79 Å². The van der Waals surface area contributed by atoms with Crippen molar-refractivity contribution in [3.05, 3.63) is 65.2 Å². The number of carbonyl (C=O) groups is 4. The number of para-hydroxylation sites is 1. The van der Waals surface area contributed by atoms with Crippen LogP contribution >= 0.6 is 0 Å². The van der Waals surface area contributed by atoms with E-state index in [4.69, 9.17) is 24.7 Å². The van der Waals surface area contributed by atoms with E-state index in [1.165, 1.54) is 0 Å². The highest BCUT2D eigenvalue weighted by molar-refractivity contribution is 6.16. The number of cyclic esters (lactones) is 1. The highest BCUT2D eigenvalue weighted by Gasteiger charge is 2.64. The number of esters is 4. The summed E-state index contributed by atoms with van der Waals surface area (Å²) in [5, 5.41) is 0. The Hall–Kier alpha value is -4.08. The van der Waals surface area contributed by atoms with Crippen molar-refractivity contribution < 1.29 is 38.1 Å². The molecule has 3 rings (SSSR count). The van der Waals surface area contributed by atoms with Gasteiger partial charge in [-0.1, -0.05) is 24.3 Å². The summed E-state index contributed by atoms with van der Waals surface area (Å²) in [4.78, 5) is 53.9. The fraction of sp³-hybridized carbons (Fsp3) is 0.333. The van der Waals surface area contributed by atoms with E-state index in [0.717, 1.165) is 7.11 Å². The van der Waals surface area contributed by atoms with E-state index in [1.807, 2.05) is 0 Å². The number of ether oxygens (including phenoxy) is 4. The molecule has 0 saturated heterocycles. The molecule has 2 aliphatic heterocycles. The fourth-order valence-corrected chi connectivity index (χ4v) is 4.26. The second kappa shape index (κ2) is 9.82. The molecule has 0 aliphatic carbocycles. The molecular formula is C24H26N2O8. The molecule has 2 heterocycles. The zero-order chi connectivity index (χ0) is 25.0. The number of fused-ring (bicyclic) bond motifs is 2. The number of nitrogens with zero attached hydrogens (tertiary/aromatic N) is 1. The van der Waals surface area contributed by atoms with Gasteiger partial charge < -0.3 is 29.6 Å². The van der Waals surface area contributed by atoms with E-state index >= 15 is 0 Å². The van der Waals surface area contributed by atoms with Gasteiger partial charge in [0.2, 0.25) is 0 Å². The normalized spacial score (nSPS) is 19.0. The van der Waals surface area contributed by atoms with Gasteiger partial charge in [-0.25, -0.2) is 14.4 Å².